The Balaban J connectivity index is 1.27. The predicted molar refractivity (Wildman–Crippen MR) is 134 cm³/mol. The Hall–Kier alpha value is -2.40. The van der Waals surface area contributed by atoms with E-state index < -0.39 is 5.97 Å². The van der Waals surface area contributed by atoms with Crippen LogP contribution in [0.15, 0.2) is 42.0 Å². The van der Waals surface area contributed by atoms with Crippen molar-refractivity contribution in [3.05, 3.63) is 53.1 Å². The van der Waals surface area contributed by atoms with Gasteiger partial charge < -0.3 is 10.0 Å². The van der Waals surface area contributed by atoms with Crippen LogP contribution in [0.4, 0.5) is 0 Å². The number of nitrogens with zero attached hydrogens (tertiary/aromatic N) is 2. The zero-order chi connectivity index (χ0) is 24.3. The summed E-state index contributed by atoms with van der Waals surface area (Å²) < 4.78 is 0. The molecule has 5 rings (SSSR count). The van der Waals surface area contributed by atoms with E-state index in [1.165, 1.54) is 30.4 Å². The third kappa shape index (κ3) is 3.92. The van der Waals surface area contributed by atoms with Gasteiger partial charge >= 0.3 is 5.97 Å². The van der Waals surface area contributed by atoms with E-state index in [1.54, 1.807) is 12.1 Å². The van der Waals surface area contributed by atoms with E-state index >= 15 is 0 Å². The highest BCUT2D eigenvalue weighted by Gasteiger charge is 2.48. The lowest BCUT2D eigenvalue weighted by Crippen LogP contribution is -2.49. The van der Waals surface area contributed by atoms with Crippen LogP contribution in [-0.4, -0.2) is 59.0 Å². The normalized spacial score (nSPS) is 32.2. The molecule has 0 aromatic heterocycles. The number of benzene rings is 1. The fraction of sp³-hybridized carbons (Fsp3) is 0.586. The number of hydrogen-bond acceptors (Lipinski definition) is 3. The van der Waals surface area contributed by atoms with Gasteiger partial charge in [0.05, 0.1) is 5.56 Å². The molecular formula is C29H38N2O3. The van der Waals surface area contributed by atoms with E-state index in [2.05, 4.69) is 49.6 Å². The number of fused-ring (bicyclic) bond motifs is 3. The van der Waals surface area contributed by atoms with Crippen molar-refractivity contribution in [1.82, 2.24) is 9.80 Å². The monoisotopic (exact) mass is 462 g/mol. The number of aromatic carboxylic acids is 1. The smallest absolute Gasteiger partial charge is 0.335 e. The average molecular weight is 463 g/mol. The molecule has 1 saturated carbocycles. The molecule has 1 amide bonds. The van der Waals surface area contributed by atoms with Gasteiger partial charge in [-0.3, -0.25) is 9.69 Å². The summed E-state index contributed by atoms with van der Waals surface area (Å²) in [6.45, 7) is 12.7. The molecule has 2 bridgehead atoms. The molecule has 2 fully saturated rings. The number of carboxylic acid groups (broad SMARTS) is 1. The van der Waals surface area contributed by atoms with Gasteiger partial charge in [-0.25, -0.2) is 4.79 Å². The van der Waals surface area contributed by atoms with Gasteiger partial charge in [0.15, 0.2) is 0 Å². The third-order valence-electron chi connectivity index (χ3n) is 9.13. The van der Waals surface area contributed by atoms with Crippen LogP contribution in [-0.2, 0) is 4.79 Å². The van der Waals surface area contributed by atoms with E-state index in [-0.39, 0.29) is 16.7 Å². The minimum atomic E-state index is -0.901. The molecule has 182 valence electrons. The number of carbonyl (C=O) groups is 2. The number of rotatable bonds is 5. The highest BCUT2D eigenvalue weighted by atomic mass is 16.4. The second-order valence-corrected chi connectivity index (χ2v) is 12.2. The number of piperidine rings is 1. The van der Waals surface area contributed by atoms with Crippen molar-refractivity contribution >= 4 is 17.4 Å². The second kappa shape index (κ2) is 8.08. The number of carboxylic acids is 1. The van der Waals surface area contributed by atoms with Crippen molar-refractivity contribution in [3.8, 4) is 0 Å². The molecule has 0 spiro atoms. The van der Waals surface area contributed by atoms with Crippen molar-refractivity contribution in [1.29, 1.82) is 0 Å². The van der Waals surface area contributed by atoms with Crippen LogP contribution in [0.3, 0.4) is 0 Å². The first-order chi connectivity index (χ1) is 16.0. The van der Waals surface area contributed by atoms with Crippen LogP contribution < -0.4 is 0 Å². The first kappa shape index (κ1) is 23.3. The Morgan fingerprint density at radius 2 is 1.79 bits per heavy atom. The fourth-order valence-corrected chi connectivity index (χ4v) is 7.41. The first-order valence-corrected chi connectivity index (χ1v) is 12.8. The molecule has 5 heteroatoms. The lowest BCUT2D eigenvalue weighted by atomic mass is 9.58. The van der Waals surface area contributed by atoms with Crippen molar-refractivity contribution < 1.29 is 14.7 Å². The predicted octanol–water partition coefficient (Wildman–Crippen LogP) is 5.24. The van der Waals surface area contributed by atoms with Crippen molar-refractivity contribution in [2.24, 2.45) is 16.2 Å². The number of carbonyl (C=O) groups excluding carboxylic acids is 1. The van der Waals surface area contributed by atoms with Crippen LogP contribution in [0.2, 0.25) is 0 Å². The molecule has 2 aliphatic carbocycles. The standard InChI is InChI=1S/C29H38N2O3/c1-27(2)23(20-5-7-21(8-6-20)26(33)34)10-14-29(4)19-31(15-11-24(27)29)25(32)12-16-30-18-28(3)13-9-22(30)17-28/h5-8,10-11,22H,9,12-19H2,1-4H3,(H,33,34)/t22-,28+,29-/m1/s1. The third-order valence-corrected chi connectivity index (χ3v) is 9.13. The molecular weight excluding hydrogens is 424 g/mol. The quantitative estimate of drug-likeness (QED) is 0.608. The van der Waals surface area contributed by atoms with E-state index in [1.807, 2.05) is 12.1 Å². The summed E-state index contributed by atoms with van der Waals surface area (Å²) >= 11 is 0. The lowest BCUT2D eigenvalue weighted by molar-refractivity contribution is -0.132. The molecule has 5 nitrogen and oxygen atoms in total. The molecule has 34 heavy (non-hydrogen) atoms. The first-order valence-electron chi connectivity index (χ1n) is 12.8. The molecule has 3 atom stereocenters. The van der Waals surface area contributed by atoms with E-state index in [0.29, 0.717) is 30.0 Å². The average Bonchev–Trinajstić information content (AvgIpc) is 3.32. The molecule has 4 aliphatic rings. The van der Waals surface area contributed by atoms with Crippen LogP contribution in [0.1, 0.15) is 75.7 Å². The summed E-state index contributed by atoms with van der Waals surface area (Å²) in [5.41, 5.74) is 4.27. The van der Waals surface area contributed by atoms with Gasteiger partial charge in [0, 0.05) is 49.5 Å². The zero-order valence-corrected chi connectivity index (χ0v) is 21.1. The van der Waals surface area contributed by atoms with Gasteiger partial charge in [-0.1, -0.05) is 57.6 Å². The fourth-order valence-electron chi connectivity index (χ4n) is 7.41. The highest BCUT2D eigenvalue weighted by molar-refractivity contribution is 5.88. The van der Waals surface area contributed by atoms with Gasteiger partial charge in [-0.05, 0) is 54.4 Å². The van der Waals surface area contributed by atoms with Crippen molar-refractivity contribution in [3.63, 3.8) is 0 Å². The Morgan fingerprint density at radius 3 is 2.41 bits per heavy atom. The minimum Gasteiger partial charge on any atom is -0.478 e. The maximum Gasteiger partial charge on any atom is 0.335 e. The van der Waals surface area contributed by atoms with Gasteiger partial charge in [0.1, 0.15) is 0 Å². The number of hydrogen-bond donors (Lipinski definition) is 1. The Labute approximate surface area is 203 Å². The molecule has 1 aromatic rings. The maximum absolute atomic E-state index is 13.2. The zero-order valence-electron chi connectivity index (χ0n) is 21.1. The number of amides is 1. The summed E-state index contributed by atoms with van der Waals surface area (Å²) in [6, 6.07) is 7.90. The molecule has 0 unspecified atom stereocenters. The second-order valence-electron chi connectivity index (χ2n) is 12.2. The summed E-state index contributed by atoms with van der Waals surface area (Å²) in [5.74, 6) is -0.622. The highest BCUT2D eigenvalue weighted by Crippen LogP contribution is 2.55. The van der Waals surface area contributed by atoms with E-state index in [0.717, 1.165) is 31.6 Å². The van der Waals surface area contributed by atoms with Crippen LogP contribution >= 0.6 is 0 Å². The van der Waals surface area contributed by atoms with E-state index in [4.69, 9.17) is 0 Å². The Kier molecular flexibility index (Phi) is 5.55. The van der Waals surface area contributed by atoms with Gasteiger partial charge in [-0.2, -0.15) is 0 Å². The van der Waals surface area contributed by atoms with Gasteiger partial charge in [0.2, 0.25) is 5.91 Å². The molecule has 2 heterocycles. The van der Waals surface area contributed by atoms with Crippen LogP contribution in [0.5, 0.6) is 0 Å². The van der Waals surface area contributed by atoms with E-state index in [9.17, 15) is 14.7 Å². The SMILES string of the molecule is CC1(C)C(c2ccc(C(=O)O)cc2)=CC[C@]2(C)CN(C(=O)CCN3C[C@@]4(C)CC[C@@H]3C4)CC=C12. The minimum absolute atomic E-state index is 0.0674. The lowest BCUT2D eigenvalue weighted by Gasteiger charge is -2.50. The Bertz CT molecular complexity index is 1070. The summed E-state index contributed by atoms with van der Waals surface area (Å²) in [7, 11) is 0. The molecule has 1 aromatic carbocycles. The molecule has 2 aliphatic heterocycles. The van der Waals surface area contributed by atoms with Crippen molar-refractivity contribution in [2.75, 3.05) is 26.2 Å². The molecule has 1 N–H and O–H groups in total. The van der Waals surface area contributed by atoms with Gasteiger partial charge in [-0.15, -0.1) is 0 Å². The van der Waals surface area contributed by atoms with Crippen molar-refractivity contribution in [2.45, 2.75) is 65.8 Å². The van der Waals surface area contributed by atoms with Crippen LogP contribution in [0.25, 0.3) is 5.57 Å². The number of likely N-dealkylation sites (tertiary alicyclic amines) is 1. The van der Waals surface area contributed by atoms with Gasteiger partial charge in [0.25, 0.3) is 0 Å². The summed E-state index contributed by atoms with van der Waals surface area (Å²) in [6.07, 6.45) is 10.0. The maximum atomic E-state index is 13.2. The topological polar surface area (TPSA) is 60.9 Å². The summed E-state index contributed by atoms with van der Waals surface area (Å²) in [5, 5.41) is 9.23. The molecule has 1 saturated heterocycles. The molecule has 0 radical (unpaired) electrons. The Morgan fingerprint density at radius 1 is 1.06 bits per heavy atom. The number of allylic oxidation sites excluding steroid dienone is 2. The summed E-state index contributed by atoms with van der Waals surface area (Å²) in [4.78, 5) is 29.1. The van der Waals surface area contributed by atoms with Crippen LogP contribution in [0, 0.1) is 16.2 Å². The largest absolute Gasteiger partial charge is 0.478 e.